The Morgan fingerprint density at radius 3 is 2.66 bits per heavy atom. The number of carbonyl (C=O) groups is 3. The molecule has 2 aromatic heterocycles. The van der Waals surface area contributed by atoms with Crippen LogP contribution in [-0.4, -0.2) is 98.4 Å². The fourth-order valence-electron chi connectivity index (χ4n) is 4.69. The molecule has 41 heavy (non-hydrogen) atoms. The number of aromatic nitrogens is 3. The van der Waals surface area contributed by atoms with Gasteiger partial charge in [0.1, 0.15) is 30.1 Å². The molecular formula is C28H37N7O6. The van der Waals surface area contributed by atoms with Crippen LogP contribution in [0.4, 0.5) is 16.3 Å². The summed E-state index contributed by atoms with van der Waals surface area (Å²) in [6.07, 6.45) is 3.84. The summed E-state index contributed by atoms with van der Waals surface area (Å²) in [7, 11) is 4.74. The Kier molecular flexibility index (Phi) is 9.73. The number of ether oxygens (including phenoxy) is 3. The van der Waals surface area contributed by atoms with Crippen LogP contribution in [0.3, 0.4) is 0 Å². The highest BCUT2D eigenvalue weighted by atomic mass is 16.6. The van der Waals surface area contributed by atoms with Gasteiger partial charge in [-0.05, 0) is 37.5 Å². The highest BCUT2D eigenvalue weighted by molar-refractivity contribution is 5.97. The largest absolute Gasteiger partial charge is 0.414 e. The fraction of sp³-hybridized carbons (Fsp3) is 0.464. The van der Waals surface area contributed by atoms with Crippen LogP contribution in [0.1, 0.15) is 18.4 Å². The number of carbonyl (C=O) groups excluding carboxylic acids is 3. The maximum absolute atomic E-state index is 13.8. The Morgan fingerprint density at radius 1 is 1.15 bits per heavy atom. The van der Waals surface area contributed by atoms with Crippen LogP contribution in [0.2, 0.25) is 0 Å². The van der Waals surface area contributed by atoms with Crippen molar-refractivity contribution in [2.24, 2.45) is 5.41 Å². The van der Waals surface area contributed by atoms with E-state index in [-0.39, 0.29) is 25.0 Å². The van der Waals surface area contributed by atoms with Crippen LogP contribution < -0.4 is 20.3 Å². The zero-order valence-electron chi connectivity index (χ0n) is 23.9. The topological polar surface area (TPSA) is 151 Å². The summed E-state index contributed by atoms with van der Waals surface area (Å²) in [5, 5.41) is 6.82. The molecule has 1 aliphatic rings. The first-order valence-electron chi connectivity index (χ1n) is 13.4. The van der Waals surface area contributed by atoms with Crippen LogP contribution in [0.15, 0.2) is 36.8 Å². The van der Waals surface area contributed by atoms with Gasteiger partial charge in [-0.25, -0.2) is 14.8 Å². The minimum absolute atomic E-state index is 0.127. The summed E-state index contributed by atoms with van der Waals surface area (Å²) in [5.74, 6) is 0.573. The average Bonchev–Trinajstić information content (AvgIpc) is 3.35. The number of hydrogen-bond donors (Lipinski definition) is 3. The molecule has 3 amide bonds. The van der Waals surface area contributed by atoms with E-state index in [1.807, 2.05) is 13.1 Å². The van der Waals surface area contributed by atoms with Gasteiger partial charge in [-0.1, -0.05) is 6.07 Å². The van der Waals surface area contributed by atoms with Crippen LogP contribution >= 0.6 is 0 Å². The molecule has 0 bridgehead atoms. The molecular weight excluding hydrogens is 530 g/mol. The van der Waals surface area contributed by atoms with E-state index in [2.05, 4.69) is 30.5 Å². The molecule has 1 aromatic carbocycles. The number of amides is 3. The van der Waals surface area contributed by atoms with E-state index in [0.29, 0.717) is 50.6 Å². The Morgan fingerprint density at radius 2 is 1.93 bits per heavy atom. The van der Waals surface area contributed by atoms with Gasteiger partial charge in [-0.2, -0.15) is 0 Å². The van der Waals surface area contributed by atoms with Crippen molar-refractivity contribution >= 4 is 40.4 Å². The fourth-order valence-corrected chi connectivity index (χ4v) is 4.69. The number of anilines is 2. The summed E-state index contributed by atoms with van der Waals surface area (Å²) in [6, 6.07) is 6.65. The standard InChI is InChI=1S/C28H37N7O6/c1-19-15-29-24-23(19)25(32-18-31-24)35-10-8-28(9-11-35,17-30-22(36)16-40-13-12-39-4)26(37)33-20-6-5-7-21(14-20)41-27(38)34(2)3/h5-7,14-15,18H,8-13,16-17H2,1-4H3,(H,30,36)(H,33,37)(H,29,31,32). The highest BCUT2D eigenvalue weighted by Crippen LogP contribution is 2.36. The first kappa shape index (κ1) is 29.7. The highest BCUT2D eigenvalue weighted by Gasteiger charge is 2.42. The number of H-pyrrole nitrogens is 1. The van der Waals surface area contributed by atoms with Gasteiger partial charge in [-0.15, -0.1) is 0 Å². The third kappa shape index (κ3) is 7.30. The number of hydrogen-bond acceptors (Lipinski definition) is 9. The predicted octanol–water partition coefficient (Wildman–Crippen LogP) is 2.33. The molecule has 0 aliphatic carbocycles. The van der Waals surface area contributed by atoms with E-state index in [4.69, 9.17) is 14.2 Å². The summed E-state index contributed by atoms with van der Waals surface area (Å²) in [5.41, 5.74) is 1.39. The second-order valence-electron chi connectivity index (χ2n) is 10.2. The SMILES string of the molecule is COCCOCC(=O)NCC1(C(=O)Nc2cccc(OC(=O)N(C)C)c2)CCN(c2ncnc3[nH]cc(C)c23)CC1. The monoisotopic (exact) mass is 567 g/mol. The Balaban J connectivity index is 1.50. The molecule has 1 aliphatic heterocycles. The van der Waals surface area contributed by atoms with Crippen molar-refractivity contribution in [3.63, 3.8) is 0 Å². The second-order valence-corrected chi connectivity index (χ2v) is 10.2. The summed E-state index contributed by atoms with van der Waals surface area (Å²) in [4.78, 5) is 53.8. The van der Waals surface area contributed by atoms with Gasteiger partial charge in [0.2, 0.25) is 11.8 Å². The molecule has 3 N–H and O–H groups in total. The minimum Gasteiger partial charge on any atom is -0.410 e. The first-order valence-corrected chi connectivity index (χ1v) is 13.4. The molecule has 0 spiro atoms. The first-order chi connectivity index (χ1) is 19.7. The molecule has 1 saturated heterocycles. The number of aryl methyl sites for hydroxylation is 1. The van der Waals surface area contributed by atoms with Crippen LogP contribution in [0.5, 0.6) is 5.75 Å². The van der Waals surface area contributed by atoms with Crippen LogP contribution in [-0.2, 0) is 19.1 Å². The van der Waals surface area contributed by atoms with Crippen molar-refractivity contribution < 1.29 is 28.6 Å². The van der Waals surface area contributed by atoms with Crippen molar-refractivity contribution in [3.8, 4) is 5.75 Å². The number of benzene rings is 1. The molecule has 0 unspecified atom stereocenters. The average molecular weight is 568 g/mol. The maximum Gasteiger partial charge on any atom is 0.414 e. The zero-order valence-corrected chi connectivity index (χ0v) is 23.9. The molecule has 13 heteroatoms. The molecule has 0 atom stereocenters. The molecule has 0 radical (unpaired) electrons. The molecule has 1 fully saturated rings. The normalized spacial score (nSPS) is 14.5. The third-order valence-corrected chi connectivity index (χ3v) is 7.10. The van der Waals surface area contributed by atoms with Crippen LogP contribution in [0, 0.1) is 12.3 Å². The van der Waals surface area contributed by atoms with Gasteiger partial charge >= 0.3 is 6.09 Å². The Labute approximate surface area is 238 Å². The lowest BCUT2D eigenvalue weighted by Gasteiger charge is -2.41. The number of aromatic amines is 1. The lowest BCUT2D eigenvalue weighted by Crippen LogP contribution is -2.53. The summed E-state index contributed by atoms with van der Waals surface area (Å²) in [6.45, 7) is 3.78. The smallest absolute Gasteiger partial charge is 0.410 e. The lowest BCUT2D eigenvalue weighted by atomic mass is 9.77. The third-order valence-electron chi connectivity index (χ3n) is 7.10. The number of rotatable bonds is 11. The van der Waals surface area contributed by atoms with Gasteiger partial charge in [0.05, 0.1) is 24.0 Å². The van der Waals surface area contributed by atoms with E-state index in [9.17, 15) is 14.4 Å². The second kappa shape index (κ2) is 13.4. The zero-order chi connectivity index (χ0) is 29.4. The Hall–Kier alpha value is -4.23. The molecule has 13 nitrogen and oxygen atoms in total. The van der Waals surface area contributed by atoms with Gasteiger partial charge in [-0.3, -0.25) is 9.59 Å². The Bertz CT molecular complexity index is 1370. The summed E-state index contributed by atoms with van der Waals surface area (Å²) >= 11 is 0. The van der Waals surface area contributed by atoms with Crippen molar-refractivity contribution in [1.29, 1.82) is 0 Å². The van der Waals surface area contributed by atoms with Gasteiger partial charge in [0.15, 0.2) is 0 Å². The molecule has 3 aromatic rings. The van der Waals surface area contributed by atoms with Crippen molar-refractivity contribution in [3.05, 3.63) is 42.4 Å². The van der Waals surface area contributed by atoms with E-state index >= 15 is 0 Å². The van der Waals surface area contributed by atoms with E-state index < -0.39 is 11.5 Å². The molecule has 4 rings (SSSR count). The quantitative estimate of drug-likeness (QED) is 0.297. The maximum atomic E-state index is 13.8. The molecule has 3 heterocycles. The van der Waals surface area contributed by atoms with Crippen LogP contribution in [0.25, 0.3) is 11.0 Å². The molecule has 0 saturated carbocycles. The van der Waals surface area contributed by atoms with Gasteiger partial charge in [0, 0.05) is 58.8 Å². The number of fused-ring (bicyclic) bond motifs is 1. The van der Waals surface area contributed by atoms with Gasteiger partial charge in [0.25, 0.3) is 0 Å². The van der Waals surface area contributed by atoms with E-state index in [0.717, 1.165) is 22.4 Å². The number of methoxy groups -OCH3 is 1. The van der Waals surface area contributed by atoms with Crippen molar-refractivity contribution in [2.75, 3.05) is 70.9 Å². The van der Waals surface area contributed by atoms with Crippen molar-refractivity contribution in [1.82, 2.24) is 25.2 Å². The minimum atomic E-state index is -0.894. The van der Waals surface area contributed by atoms with Crippen molar-refractivity contribution in [2.45, 2.75) is 19.8 Å². The summed E-state index contributed by atoms with van der Waals surface area (Å²) < 4.78 is 15.6. The predicted molar refractivity (Wildman–Crippen MR) is 153 cm³/mol. The van der Waals surface area contributed by atoms with Gasteiger partial charge < -0.3 is 39.6 Å². The van der Waals surface area contributed by atoms with E-state index in [1.165, 1.54) is 11.2 Å². The number of nitrogens with zero attached hydrogens (tertiary/aromatic N) is 4. The molecule has 220 valence electrons. The number of piperidine rings is 1. The number of nitrogens with one attached hydrogen (secondary N) is 3. The lowest BCUT2D eigenvalue weighted by molar-refractivity contribution is -0.129. The van der Waals surface area contributed by atoms with E-state index in [1.54, 1.807) is 45.5 Å².